The average Bonchev–Trinajstić information content (AvgIpc) is 2.63. The van der Waals surface area contributed by atoms with Crippen molar-refractivity contribution in [3.8, 4) is 0 Å². The van der Waals surface area contributed by atoms with Gasteiger partial charge in [0.05, 0.1) is 11.8 Å². The molecule has 2 rings (SSSR count). The van der Waals surface area contributed by atoms with Gasteiger partial charge in [-0.25, -0.2) is 0 Å². The van der Waals surface area contributed by atoms with Crippen molar-refractivity contribution in [1.29, 1.82) is 0 Å². The van der Waals surface area contributed by atoms with E-state index in [1.165, 1.54) is 4.90 Å². The highest BCUT2D eigenvalue weighted by atomic mass is 16.4. The van der Waals surface area contributed by atoms with Gasteiger partial charge in [0.15, 0.2) is 0 Å². The number of fused-ring (bicyclic) bond motifs is 1. The standard InChI is InChI=1S/C14H21NO4/c1-2-9(7-12(16)17)8-15-13(18)10-5-3-4-6-11(10)14(15)19/h9-11H,2-8H2,1H3,(H,16,17). The Labute approximate surface area is 113 Å². The molecule has 0 aromatic carbocycles. The first kappa shape index (κ1) is 14.0. The summed E-state index contributed by atoms with van der Waals surface area (Å²) in [5.74, 6) is -1.42. The smallest absolute Gasteiger partial charge is 0.303 e. The van der Waals surface area contributed by atoms with Gasteiger partial charge in [0.25, 0.3) is 0 Å². The number of carbonyl (C=O) groups is 3. The second kappa shape index (κ2) is 5.72. The van der Waals surface area contributed by atoms with Gasteiger partial charge in [-0.1, -0.05) is 26.2 Å². The van der Waals surface area contributed by atoms with Gasteiger partial charge in [-0.2, -0.15) is 0 Å². The number of carboxylic acid groups (broad SMARTS) is 1. The van der Waals surface area contributed by atoms with Crippen LogP contribution in [0.3, 0.4) is 0 Å². The van der Waals surface area contributed by atoms with Gasteiger partial charge in [-0.15, -0.1) is 0 Å². The second-order valence-corrected chi connectivity index (χ2v) is 5.66. The molecule has 1 heterocycles. The van der Waals surface area contributed by atoms with E-state index in [0.717, 1.165) is 25.7 Å². The Morgan fingerprint density at radius 2 is 1.79 bits per heavy atom. The SMILES string of the molecule is CCC(CC(=O)O)CN1C(=O)C2CCCCC2C1=O. The summed E-state index contributed by atoms with van der Waals surface area (Å²) in [7, 11) is 0. The fraction of sp³-hybridized carbons (Fsp3) is 0.786. The minimum atomic E-state index is -0.872. The first-order valence-electron chi connectivity index (χ1n) is 7.11. The number of hydrogen-bond acceptors (Lipinski definition) is 3. The van der Waals surface area contributed by atoms with Crippen LogP contribution in [-0.4, -0.2) is 34.3 Å². The molecule has 0 radical (unpaired) electrons. The number of carboxylic acids is 1. The van der Waals surface area contributed by atoms with Crippen LogP contribution >= 0.6 is 0 Å². The van der Waals surface area contributed by atoms with Gasteiger partial charge in [0.1, 0.15) is 0 Å². The van der Waals surface area contributed by atoms with Crippen molar-refractivity contribution in [2.75, 3.05) is 6.54 Å². The molecule has 0 aromatic heterocycles. The van der Waals surface area contributed by atoms with Crippen LogP contribution in [0.2, 0.25) is 0 Å². The van der Waals surface area contributed by atoms with Crippen LogP contribution in [-0.2, 0) is 14.4 Å². The average molecular weight is 267 g/mol. The summed E-state index contributed by atoms with van der Waals surface area (Å²) < 4.78 is 0. The van der Waals surface area contributed by atoms with Crippen LogP contribution in [0.5, 0.6) is 0 Å². The molecule has 2 aliphatic rings. The molecule has 2 fully saturated rings. The largest absolute Gasteiger partial charge is 0.481 e. The molecule has 5 heteroatoms. The van der Waals surface area contributed by atoms with E-state index < -0.39 is 5.97 Å². The van der Waals surface area contributed by atoms with E-state index in [1.807, 2.05) is 6.92 Å². The first-order chi connectivity index (χ1) is 9.04. The zero-order valence-corrected chi connectivity index (χ0v) is 11.3. The summed E-state index contributed by atoms with van der Waals surface area (Å²) in [6.07, 6.45) is 4.32. The Morgan fingerprint density at radius 1 is 1.26 bits per heavy atom. The van der Waals surface area contributed by atoms with E-state index >= 15 is 0 Å². The van der Waals surface area contributed by atoms with Crippen molar-refractivity contribution in [3.63, 3.8) is 0 Å². The Hall–Kier alpha value is -1.39. The normalized spacial score (nSPS) is 28.4. The molecule has 0 bridgehead atoms. The molecular formula is C14H21NO4. The van der Waals surface area contributed by atoms with E-state index in [9.17, 15) is 14.4 Å². The van der Waals surface area contributed by atoms with Crippen LogP contribution in [0, 0.1) is 17.8 Å². The number of likely N-dealkylation sites (tertiary alicyclic amines) is 1. The lowest BCUT2D eigenvalue weighted by molar-refractivity contribution is -0.143. The molecule has 19 heavy (non-hydrogen) atoms. The molecule has 1 aliphatic carbocycles. The van der Waals surface area contributed by atoms with Crippen molar-refractivity contribution in [1.82, 2.24) is 4.90 Å². The van der Waals surface area contributed by atoms with Crippen LogP contribution < -0.4 is 0 Å². The lowest BCUT2D eigenvalue weighted by atomic mass is 9.81. The molecule has 1 aliphatic heterocycles. The van der Waals surface area contributed by atoms with Gasteiger partial charge in [0.2, 0.25) is 11.8 Å². The summed E-state index contributed by atoms with van der Waals surface area (Å²) in [6, 6.07) is 0. The van der Waals surface area contributed by atoms with Crippen molar-refractivity contribution in [2.45, 2.75) is 45.4 Å². The highest BCUT2D eigenvalue weighted by Gasteiger charge is 2.48. The number of aliphatic carboxylic acids is 1. The zero-order valence-electron chi connectivity index (χ0n) is 11.3. The van der Waals surface area contributed by atoms with Crippen LogP contribution in [0.4, 0.5) is 0 Å². The van der Waals surface area contributed by atoms with Gasteiger partial charge in [0, 0.05) is 13.0 Å². The summed E-state index contributed by atoms with van der Waals surface area (Å²) in [5.41, 5.74) is 0. The van der Waals surface area contributed by atoms with E-state index in [0.29, 0.717) is 6.42 Å². The lowest BCUT2D eigenvalue weighted by Crippen LogP contribution is -2.36. The highest BCUT2D eigenvalue weighted by Crippen LogP contribution is 2.38. The van der Waals surface area contributed by atoms with E-state index in [4.69, 9.17) is 5.11 Å². The van der Waals surface area contributed by atoms with Crippen molar-refractivity contribution < 1.29 is 19.5 Å². The molecule has 3 unspecified atom stereocenters. The molecule has 3 atom stereocenters. The number of nitrogens with zero attached hydrogens (tertiary/aromatic N) is 1. The van der Waals surface area contributed by atoms with Gasteiger partial charge < -0.3 is 5.11 Å². The minimum Gasteiger partial charge on any atom is -0.481 e. The van der Waals surface area contributed by atoms with E-state index in [-0.39, 0.29) is 42.5 Å². The molecule has 5 nitrogen and oxygen atoms in total. The molecule has 106 valence electrons. The third-order valence-electron chi connectivity index (χ3n) is 4.41. The monoisotopic (exact) mass is 267 g/mol. The van der Waals surface area contributed by atoms with Crippen LogP contribution in [0.1, 0.15) is 45.4 Å². The number of carbonyl (C=O) groups excluding carboxylic acids is 2. The topological polar surface area (TPSA) is 74.7 Å². The number of imide groups is 1. The van der Waals surface area contributed by atoms with Gasteiger partial charge >= 0.3 is 5.97 Å². The van der Waals surface area contributed by atoms with Crippen LogP contribution in [0.25, 0.3) is 0 Å². The maximum absolute atomic E-state index is 12.2. The van der Waals surface area contributed by atoms with Crippen LogP contribution in [0.15, 0.2) is 0 Å². The third kappa shape index (κ3) is 2.80. The predicted octanol–water partition coefficient (Wildman–Crippen LogP) is 1.66. The fourth-order valence-electron chi connectivity index (χ4n) is 3.25. The molecule has 0 aromatic rings. The molecule has 1 N–H and O–H groups in total. The zero-order chi connectivity index (χ0) is 14.0. The maximum atomic E-state index is 12.2. The van der Waals surface area contributed by atoms with E-state index in [2.05, 4.69) is 0 Å². The quantitative estimate of drug-likeness (QED) is 0.769. The molecule has 2 amide bonds. The summed E-state index contributed by atoms with van der Waals surface area (Å²) in [6.45, 7) is 2.17. The third-order valence-corrected chi connectivity index (χ3v) is 4.41. The summed E-state index contributed by atoms with van der Waals surface area (Å²) in [4.78, 5) is 36.6. The molecule has 0 spiro atoms. The van der Waals surface area contributed by atoms with E-state index in [1.54, 1.807) is 0 Å². The summed E-state index contributed by atoms with van der Waals surface area (Å²) in [5, 5.41) is 8.84. The van der Waals surface area contributed by atoms with Crippen molar-refractivity contribution >= 4 is 17.8 Å². The Bertz CT molecular complexity index is 369. The minimum absolute atomic E-state index is 0.0168. The van der Waals surface area contributed by atoms with Crippen molar-refractivity contribution in [3.05, 3.63) is 0 Å². The molecular weight excluding hydrogens is 246 g/mol. The number of rotatable bonds is 5. The fourth-order valence-corrected chi connectivity index (χ4v) is 3.25. The number of amides is 2. The lowest BCUT2D eigenvalue weighted by Gasteiger charge is -2.20. The molecule has 1 saturated heterocycles. The summed E-state index contributed by atoms with van der Waals surface area (Å²) >= 11 is 0. The van der Waals surface area contributed by atoms with Gasteiger partial charge in [-0.05, 0) is 18.8 Å². The first-order valence-corrected chi connectivity index (χ1v) is 7.11. The highest BCUT2D eigenvalue weighted by molar-refractivity contribution is 6.05. The van der Waals surface area contributed by atoms with Crippen molar-refractivity contribution in [2.24, 2.45) is 17.8 Å². The number of hydrogen-bond donors (Lipinski definition) is 1. The Morgan fingerprint density at radius 3 is 2.21 bits per heavy atom. The Kier molecular flexibility index (Phi) is 4.22. The maximum Gasteiger partial charge on any atom is 0.303 e. The molecule has 1 saturated carbocycles. The second-order valence-electron chi connectivity index (χ2n) is 5.66. The Balaban J connectivity index is 2.05. The van der Waals surface area contributed by atoms with Gasteiger partial charge in [-0.3, -0.25) is 19.3 Å². The predicted molar refractivity (Wildman–Crippen MR) is 68.2 cm³/mol.